The van der Waals surface area contributed by atoms with E-state index in [4.69, 9.17) is 23.2 Å². The van der Waals surface area contributed by atoms with Crippen LogP contribution in [0.4, 0.5) is 13.2 Å². The number of benzene rings is 2. The van der Waals surface area contributed by atoms with Crippen LogP contribution in [0.25, 0.3) is 0 Å². The van der Waals surface area contributed by atoms with Gasteiger partial charge in [0.15, 0.2) is 0 Å². The van der Waals surface area contributed by atoms with E-state index in [-0.39, 0.29) is 28.5 Å². The quantitative estimate of drug-likeness (QED) is 0.515. The second-order valence-electron chi connectivity index (χ2n) is 8.10. The molecule has 0 radical (unpaired) electrons. The molecule has 168 valence electrons. The van der Waals surface area contributed by atoms with Crippen LogP contribution < -0.4 is 10.6 Å². The van der Waals surface area contributed by atoms with Crippen molar-refractivity contribution in [3.05, 3.63) is 69.2 Å². The van der Waals surface area contributed by atoms with E-state index in [1.165, 1.54) is 0 Å². The van der Waals surface area contributed by atoms with Gasteiger partial charge in [0.05, 0.1) is 27.2 Å². The van der Waals surface area contributed by atoms with Crippen LogP contribution in [0.15, 0.2) is 42.5 Å². The highest BCUT2D eigenvalue weighted by Gasteiger charge is 2.48. The molecule has 2 bridgehead atoms. The van der Waals surface area contributed by atoms with Gasteiger partial charge in [0.1, 0.15) is 0 Å². The lowest BCUT2D eigenvalue weighted by Crippen LogP contribution is -2.52. The van der Waals surface area contributed by atoms with Gasteiger partial charge in [-0.3, -0.25) is 4.79 Å². The highest BCUT2D eigenvalue weighted by atomic mass is 35.5. The molecule has 4 rings (SSSR count). The molecule has 2 N–H and O–H groups in total. The Morgan fingerprint density at radius 3 is 2.55 bits per heavy atom. The Hall–Kier alpha value is -1.47. The van der Waals surface area contributed by atoms with Crippen LogP contribution in [0.5, 0.6) is 0 Å². The first-order chi connectivity index (χ1) is 14.2. The van der Waals surface area contributed by atoms with Crippen molar-refractivity contribution in [1.29, 1.82) is 0 Å². The molecule has 3 atom stereocenters. The molecule has 1 aliphatic heterocycles. The van der Waals surface area contributed by atoms with Crippen LogP contribution in [0, 0.1) is 5.92 Å². The molecule has 2 aliphatic rings. The number of amides is 1. The molecule has 2 aromatic rings. The first-order valence-corrected chi connectivity index (χ1v) is 10.6. The van der Waals surface area contributed by atoms with Crippen molar-refractivity contribution in [2.24, 2.45) is 5.92 Å². The summed E-state index contributed by atoms with van der Waals surface area (Å²) < 4.78 is 39.9. The molecule has 1 saturated carbocycles. The van der Waals surface area contributed by atoms with Crippen molar-refractivity contribution in [3.8, 4) is 0 Å². The molecule has 9 heteroatoms. The Labute approximate surface area is 195 Å². The molecule has 31 heavy (non-hydrogen) atoms. The minimum Gasteiger partial charge on any atom is -0.343 e. The Morgan fingerprint density at radius 2 is 1.87 bits per heavy atom. The number of halogens is 6. The summed E-state index contributed by atoms with van der Waals surface area (Å²) in [6.45, 7) is 0.865. The van der Waals surface area contributed by atoms with Crippen molar-refractivity contribution < 1.29 is 18.0 Å². The Morgan fingerprint density at radius 1 is 1.16 bits per heavy atom. The highest BCUT2D eigenvalue weighted by molar-refractivity contribution is 6.40. The number of alkyl halides is 3. The molecule has 2 fully saturated rings. The number of hydrogen-bond acceptors (Lipinski definition) is 2. The molecule has 3 nitrogen and oxygen atoms in total. The molecule has 0 spiro atoms. The summed E-state index contributed by atoms with van der Waals surface area (Å²) in [5.74, 6) is -0.183. The van der Waals surface area contributed by atoms with Gasteiger partial charge in [0, 0.05) is 5.54 Å². The summed E-state index contributed by atoms with van der Waals surface area (Å²) in [4.78, 5) is 13.2. The maximum absolute atomic E-state index is 13.3. The number of hydrogen-bond donors (Lipinski definition) is 2. The number of carbonyl (C=O) groups excluding carboxylic acids is 1. The third-order valence-corrected chi connectivity index (χ3v) is 6.92. The minimum atomic E-state index is -4.68. The van der Waals surface area contributed by atoms with E-state index in [9.17, 15) is 18.0 Å². The fraction of sp³-hybridized carbons (Fsp3) is 0.409. The van der Waals surface area contributed by atoms with Gasteiger partial charge in [-0.2, -0.15) is 13.2 Å². The molecule has 1 aliphatic carbocycles. The molecule has 0 aromatic heterocycles. The molecule has 3 unspecified atom stereocenters. The zero-order valence-corrected chi connectivity index (χ0v) is 18.8. The highest BCUT2D eigenvalue weighted by Crippen LogP contribution is 2.45. The predicted octanol–water partition coefficient (Wildman–Crippen LogP) is 6.44. The summed E-state index contributed by atoms with van der Waals surface area (Å²) in [5, 5.41) is 5.75. The van der Waals surface area contributed by atoms with Gasteiger partial charge in [-0.15, -0.1) is 12.4 Å². The maximum Gasteiger partial charge on any atom is 0.417 e. The van der Waals surface area contributed by atoms with E-state index in [0.29, 0.717) is 5.92 Å². The van der Waals surface area contributed by atoms with Crippen LogP contribution in [-0.2, 0) is 6.18 Å². The first-order valence-electron chi connectivity index (χ1n) is 9.87. The van der Waals surface area contributed by atoms with Gasteiger partial charge >= 0.3 is 6.18 Å². The smallest absolute Gasteiger partial charge is 0.343 e. The van der Waals surface area contributed by atoms with Gasteiger partial charge in [-0.05, 0) is 49.4 Å². The molecule has 1 saturated heterocycles. The average Bonchev–Trinajstić information content (AvgIpc) is 3.00. The third-order valence-electron chi connectivity index (χ3n) is 6.22. The van der Waals surface area contributed by atoms with Crippen LogP contribution in [0.1, 0.15) is 53.2 Å². The molecule has 1 amide bonds. The zero-order chi connectivity index (χ0) is 21.5. The largest absolute Gasteiger partial charge is 0.417 e. The summed E-state index contributed by atoms with van der Waals surface area (Å²) in [6.07, 6.45) is -0.750. The van der Waals surface area contributed by atoms with E-state index in [1.807, 2.05) is 30.3 Å². The first kappa shape index (κ1) is 24.2. The van der Waals surface area contributed by atoms with E-state index >= 15 is 0 Å². The SMILES string of the molecule is Cl.O=C(NC(c1ccccc1)C12CCCC(CN1)C2)c1c(Cl)ccc(C(F)(F)F)c1Cl. The Balaban J connectivity index is 0.00000272. The lowest BCUT2D eigenvalue weighted by atomic mass is 9.73. The van der Waals surface area contributed by atoms with Gasteiger partial charge in [0.2, 0.25) is 0 Å². The summed E-state index contributed by atoms with van der Waals surface area (Å²) in [5.41, 5.74) is -0.888. The number of carbonyl (C=O) groups is 1. The summed E-state index contributed by atoms with van der Waals surface area (Å²) in [6, 6.07) is 10.9. The number of rotatable bonds is 4. The molecular formula is C22H22Cl3F3N2O. The lowest BCUT2D eigenvalue weighted by molar-refractivity contribution is -0.137. The Kier molecular flexibility index (Phi) is 7.16. The molecule has 1 heterocycles. The summed E-state index contributed by atoms with van der Waals surface area (Å²) in [7, 11) is 0. The second-order valence-corrected chi connectivity index (χ2v) is 8.88. The lowest BCUT2D eigenvalue weighted by Gasteiger charge is -2.41. The maximum atomic E-state index is 13.3. The van der Waals surface area contributed by atoms with Crippen LogP contribution in [0.2, 0.25) is 10.0 Å². The van der Waals surface area contributed by atoms with Crippen LogP contribution in [-0.4, -0.2) is 18.0 Å². The van der Waals surface area contributed by atoms with Gasteiger partial charge < -0.3 is 10.6 Å². The molecule has 2 aromatic carbocycles. The van der Waals surface area contributed by atoms with Crippen molar-refractivity contribution in [1.82, 2.24) is 10.6 Å². The van der Waals surface area contributed by atoms with Crippen molar-refractivity contribution in [2.75, 3.05) is 6.54 Å². The van der Waals surface area contributed by atoms with Gasteiger partial charge in [-0.1, -0.05) is 60.0 Å². The monoisotopic (exact) mass is 492 g/mol. The standard InChI is InChI=1S/C22H21Cl2F3N2O.ClH/c23-16-9-8-15(22(25,26)27)18(24)17(16)20(30)29-19(14-6-2-1-3-7-14)21-10-4-5-13(11-21)12-28-21;/h1-3,6-9,13,19,28H,4-5,10-12H2,(H,29,30);1H. The Bertz CT molecular complexity index is 951. The van der Waals surface area contributed by atoms with Crippen molar-refractivity contribution in [3.63, 3.8) is 0 Å². The third kappa shape index (κ3) is 4.68. The molecular weight excluding hydrogens is 472 g/mol. The topological polar surface area (TPSA) is 41.1 Å². The normalized spacial score (nSPS) is 23.7. The van der Waals surface area contributed by atoms with E-state index in [2.05, 4.69) is 10.6 Å². The summed E-state index contributed by atoms with van der Waals surface area (Å²) >= 11 is 12.1. The van der Waals surface area contributed by atoms with Crippen LogP contribution in [0.3, 0.4) is 0 Å². The minimum absolute atomic E-state index is 0. The second kappa shape index (κ2) is 9.18. The fourth-order valence-corrected chi connectivity index (χ4v) is 5.49. The zero-order valence-electron chi connectivity index (χ0n) is 16.4. The van der Waals surface area contributed by atoms with Crippen molar-refractivity contribution >= 4 is 41.5 Å². The fourth-order valence-electron chi connectivity index (χ4n) is 4.84. The van der Waals surface area contributed by atoms with Gasteiger partial charge in [0.25, 0.3) is 5.91 Å². The number of fused-ring (bicyclic) bond motifs is 2. The predicted molar refractivity (Wildman–Crippen MR) is 118 cm³/mol. The van der Waals surface area contributed by atoms with E-state index in [0.717, 1.165) is 49.9 Å². The van der Waals surface area contributed by atoms with Crippen molar-refractivity contribution in [2.45, 2.75) is 43.4 Å². The van der Waals surface area contributed by atoms with E-state index in [1.54, 1.807) is 0 Å². The van der Waals surface area contributed by atoms with Gasteiger partial charge in [-0.25, -0.2) is 0 Å². The number of nitrogens with one attached hydrogen (secondary N) is 2. The van der Waals surface area contributed by atoms with Crippen LogP contribution >= 0.6 is 35.6 Å². The average molecular weight is 494 g/mol. The van der Waals surface area contributed by atoms with E-state index < -0.39 is 28.7 Å².